The molecular weight excluding hydrogens is 537 g/mol. The predicted molar refractivity (Wildman–Crippen MR) is 155 cm³/mol. The minimum atomic E-state index is -0.497. The van der Waals surface area contributed by atoms with Gasteiger partial charge in [-0.3, -0.25) is 0 Å². The minimum absolute atomic E-state index is 0.206. The van der Waals surface area contributed by atoms with E-state index in [1.54, 1.807) is 0 Å². The molecule has 2 unspecified atom stereocenters. The number of nitrogens with zero attached hydrogens (tertiary/aromatic N) is 5. The standard InChI is InChI=1S/C28H31ClFN7OS/c1-36-11-3-4-17(36)14-38-28-34-25-19(26(35-28)37-15-7-8-16(37)13-32-10-9-15)12-20(29)22(23(25)30)18-5-2-6-21-24(18)33-27(31)39-21/h2,5-6,12,15-17,32H,3-4,7-11,13-14H2,1H3,(H2,31,33)/t15?,16?,17-/m0/s1. The normalized spacial score (nSPS) is 23.7. The summed E-state index contributed by atoms with van der Waals surface area (Å²) in [5.74, 6) is 0.206. The van der Waals surface area contributed by atoms with Crippen LogP contribution in [-0.4, -0.2) is 71.3 Å². The number of aromatic nitrogens is 3. The van der Waals surface area contributed by atoms with Crippen molar-refractivity contribution in [3.63, 3.8) is 0 Å². The molecule has 3 aliphatic heterocycles. The first-order valence-corrected chi connectivity index (χ1v) is 14.8. The summed E-state index contributed by atoms with van der Waals surface area (Å²) in [5, 5.41) is 4.87. The molecule has 4 aromatic rings. The average molecular weight is 568 g/mol. The van der Waals surface area contributed by atoms with Crippen LogP contribution < -0.4 is 20.7 Å². The molecule has 2 aromatic carbocycles. The second-order valence-corrected chi connectivity index (χ2v) is 12.3. The molecule has 3 aliphatic rings. The van der Waals surface area contributed by atoms with Crippen LogP contribution in [-0.2, 0) is 0 Å². The molecule has 39 heavy (non-hydrogen) atoms. The number of likely N-dealkylation sites (N-methyl/N-ethyl adjacent to an activating group) is 1. The highest BCUT2D eigenvalue weighted by Gasteiger charge is 2.38. The fourth-order valence-electron chi connectivity index (χ4n) is 6.52. The third kappa shape index (κ3) is 4.38. The van der Waals surface area contributed by atoms with E-state index >= 15 is 4.39 Å². The zero-order valence-electron chi connectivity index (χ0n) is 21.8. The van der Waals surface area contributed by atoms with Crippen LogP contribution in [0, 0.1) is 5.82 Å². The van der Waals surface area contributed by atoms with Gasteiger partial charge < -0.3 is 25.6 Å². The van der Waals surface area contributed by atoms with Crippen LogP contribution in [0.4, 0.5) is 15.3 Å². The van der Waals surface area contributed by atoms with Crippen molar-refractivity contribution < 1.29 is 9.13 Å². The molecule has 3 atom stereocenters. The van der Waals surface area contributed by atoms with Crippen molar-refractivity contribution in [1.82, 2.24) is 25.2 Å². The van der Waals surface area contributed by atoms with Gasteiger partial charge in [0.2, 0.25) is 0 Å². The summed E-state index contributed by atoms with van der Waals surface area (Å²) in [6.07, 6.45) is 5.36. The number of likely N-dealkylation sites (tertiary alicyclic amines) is 1. The van der Waals surface area contributed by atoms with Crippen molar-refractivity contribution in [2.75, 3.05) is 43.9 Å². The third-order valence-electron chi connectivity index (χ3n) is 8.52. The van der Waals surface area contributed by atoms with Crippen LogP contribution in [0.2, 0.25) is 5.02 Å². The van der Waals surface area contributed by atoms with Gasteiger partial charge in [-0.1, -0.05) is 35.1 Å². The summed E-state index contributed by atoms with van der Waals surface area (Å²) in [7, 11) is 2.11. The number of para-hydroxylation sites is 1. The lowest BCUT2D eigenvalue weighted by molar-refractivity contribution is 0.188. The summed E-state index contributed by atoms with van der Waals surface area (Å²) in [4.78, 5) is 18.7. The van der Waals surface area contributed by atoms with Crippen LogP contribution >= 0.6 is 22.9 Å². The van der Waals surface area contributed by atoms with Gasteiger partial charge in [-0.15, -0.1) is 0 Å². The fraction of sp³-hybridized carbons (Fsp3) is 0.464. The molecule has 7 rings (SSSR count). The highest BCUT2D eigenvalue weighted by atomic mass is 35.5. The van der Waals surface area contributed by atoms with Gasteiger partial charge >= 0.3 is 6.01 Å². The van der Waals surface area contributed by atoms with Crippen molar-refractivity contribution in [2.45, 2.75) is 50.2 Å². The third-order valence-corrected chi connectivity index (χ3v) is 9.67. The molecule has 3 fully saturated rings. The number of nitrogens with two attached hydrogens (primary N) is 1. The molecule has 204 valence electrons. The first kappa shape index (κ1) is 25.2. The van der Waals surface area contributed by atoms with Gasteiger partial charge in [0.15, 0.2) is 10.9 Å². The Labute approximate surface area is 235 Å². The highest BCUT2D eigenvalue weighted by molar-refractivity contribution is 7.22. The molecule has 0 amide bonds. The van der Waals surface area contributed by atoms with Crippen LogP contribution in [0.1, 0.15) is 32.1 Å². The Hall–Kier alpha value is -2.79. The molecule has 8 nitrogen and oxygen atoms in total. The smallest absolute Gasteiger partial charge is 0.319 e. The maximum Gasteiger partial charge on any atom is 0.319 e. The van der Waals surface area contributed by atoms with Gasteiger partial charge in [-0.25, -0.2) is 9.37 Å². The maximum absolute atomic E-state index is 16.6. The minimum Gasteiger partial charge on any atom is -0.462 e. The first-order chi connectivity index (χ1) is 19.0. The summed E-state index contributed by atoms with van der Waals surface area (Å²) in [6.45, 7) is 3.34. The van der Waals surface area contributed by atoms with Gasteiger partial charge in [0.1, 0.15) is 17.9 Å². The van der Waals surface area contributed by atoms with E-state index in [2.05, 4.69) is 32.1 Å². The molecule has 11 heteroatoms. The van der Waals surface area contributed by atoms with Crippen molar-refractivity contribution in [2.24, 2.45) is 0 Å². The molecule has 0 aliphatic carbocycles. The number of benzene rings is 2. The van der Waals surface area contributed by atoms with Crippen molar-refractivity contribution in [3.8, 4) is 17.1 Å². The second kappa shape index (κ2) is 9.99. The summed E-state index contributed by atoms with van der Waals surface area (Å²) < 4.78 is 23.7. The summed E-state index contributed by atoms with van der Waals surface area (Å²) in [6, 6.07) is 8.54. The molecule has 0 spiro atoms. The summed E-state index contributed by atoms with van der Waals surface area (Å²) >= 11 is 8.23. The number of fused-ring (bicyclic) bond motifs is 4. The van der Waals surface area contributed by atoms with E-state index in [-0.39, 0.29) is 23.1 Å². The van der Waals surface area contributed by atoms with Crippen LogP contribution in [0.3, 0.4) is 0 Å². The largest absolute Gasteiger partial charge is 0.462 e. The number of anilines is 2. The Morgan fingerprint density at radius 3 is 2.87 bits per heavy atom. The van der Waals surface area contributed by atoms with E-state index in [0.29, 0.717) is 51.1 Å². The molecule has 0 radical (unpaired) electrons. The lowest BCUT2D eigenvalue weighted by Gasteiger charge is -2.30. The fourth-order valence-corrected chi connectivity index (χ4v) is 7.58. The molecule has 3 saturated heterocycles. The van der Waals surface area contributed by atoms with Crippen LogP contribution in [0.15, 0.2) is 24.3 Å². The molecule has 2 bridgehead atoms. The Kier molecular flexibility index (Phi) is 6.46. The molecule has 0 saturated carbocycles. The van der Waals surface area contributed by atoms with E-state index in [0.717, 1.165) is 56.4 Å². The molecular formula is C28H31ClFN7OS. The Bertz CT molecular complexity index is 1550. The second-order valence-electron chi connectivity index (χ2n) is 10.9. The predicted octanol–water partition coefficient (Wildman–Crippen LogP) is 5.08. The maximum atomic E-state index is 16.6. The van der Waals surface area contributed by atoms with Gasteiger partial charge in [0, 0.05) is 41.2 Å². The van der Waals surface area contributed by atoms with E-state index < -0.39 is 5.82 Å². The number of nitrogen functional groups attached to an aromatic ring is 1. The SMILES string of the molecule is CN1CCC[C@H]1COc1nc(N2C3CCNCC2CC3)c2cc(Cl)c(-c3cccc4sc(N)nc34)c(F)c2n1. The van der Waals surface area contributed by atoms with Crippen molar-refractivity contribution >= 4 is 55.0 Å². The van der Waals surface area contributed by atoms with Crippen molar-refractivity contribution in [3.05, 3.63) is 35.1 Å². The van der Waals surface area contributed by atoms with Crippen LogP contribution in [0.5, 0.6) is 6.01 Å². The number of hydrogen-bond donors (Lipinski definition) is 2. The van der Waals surface area contributed by atoms with E-state index in [9.17, 15) is 0 Å². The molecule has 5 heterocycles. The molecule has 3 N–H and O–H groups in total. The number of ether oxygens (including phenoxy) is 1. The number of halogens is 2. The quantitative estimate of drug-likeness (QED) is 0.345. The van der Waals surface area contributed by atoms with Gasteiger partial charge in [0.25, 0.3) is 0 Å². The van der Waals surface area contributed by atoms with E-state index in [1.807, 2.05) is 24.3 Å². The first-order valence-electron chi connectivity index (χ1n) is 13.6. The Morgan fingerprint density at radius 1 is 1.15 bits per heavy atom. The monoisotopic (exact) mass is 567 g/mol. The van der Waals surface area contributed by atoms with E-state index in [1.165, 1.54) is 11.3 Å². The van der Waals surface area contributed by atoms with Gasteiger partial charge in [-0.2, -0.15) is 9.97 Å². The van der Waals surface area contributed by atoms with Crippen LogP contribution in [0.25, 0.3) is 32.2 Å². The average Bonchev–Trinajstić information content (AvgIpc) is 3.57. The summed E-state index contributed by atoms with van der Waals surface area (Å²) in [5.41, 5.74) is 7.71. The lowest BCUT2D eigenvalue weighted by atomic mass is 10.0. The number of rotatable bonds is 5. The van der Waals surface area contributed by atoms with Gasteiger partial charge in [0.05, 0.1) is 15.2 Å². The Balaban J connectivity index is 1.40. The van der Waals surface area contributed by atoms with Gasteiger partial charge in [-0.05, 0) is 64.4 Å². The van der Waals surface area contributed by atoms with E-state index in [4.69, 9.17) is 27.1 Å². The Morgan fingerprint density at radius 2 is 2.03 bits per heavy atom. The lowest BCUT2D eigenvalue weighted by Crippen LogP contribution is -2.39. The molecule has 2 aromatic heterocycles. The number of nitrogens with one attached hydrogen (secondary N) is 1. The highest BCUT2D eigenvalue weighted by Crippen LogP contribution is 2.44. The zero-order chi connectivity index (χ0) is 26.7. The number of hydrogen-bond acceptors (Lipinski definition) is 9. The zero-order valence-corrected chi connectivity index (χ0v) is 23.4. The number of thiazole rings is 1. The topological polar surface area (TPSA) is 92.4 Å². The van der Waals surface area contributed by atoms with Crippen molar-refractivity contribution in [1.29, 1.82) is 0 Å².